The van der Waals surface area contributed by atoms with Gasteiger partial charge in [-0.1, -0.05) is 42.5 Å². The van der Waals surface area contributed by atoms with Gasteiger partial charge in [-0.2, -0.15) is 0 Å². The van der Waals surface area contributed by atoms with E-state index in [0.29, 0.717) is 0 Å². The zero-order chi connectivity index (χ0) is 14.2. The highest BCUT2D eigenvalue weighted by Gasteiger charge is 2.05. The maximum Gasteiger partial charge on any atom is 0.137 e. The van der Waals surface area contributed by atoms with Gasteiger partial charge in [-0.05, 0) is 28.5 Å². The van der Waals surface area contributed by atoms with Crippen LogP contribution in [0.1, 0.15) is 5.56 Å². The Morgan fingerprint density at radius 1 is 0.905 bits per heavy atom. The number of aliphatic hydroxyl groups is 1. The smallest absolute Gasteiger partial charge is 0.137 e. The fourth-order valence-electron chi connectivity index (χ4n) is 2.62. The normalized spacial score (nSPS) is 11.3. The molecular formula is C18H14N2O. The first-order valence-corrected chi connectivity index (χ1v) is 6.91. The summed E-state index contributed by atoms with van der Waals surface area (Å²) < 4.78 is 1.95. The minimum Gasteiger partial charge on any atom is -0.392 e. The molecule has 4 aromatic rings. The van der Waals surface area contributed by atoms with Crippen LogP contribution in [0.4, 0.5) is 0 Å². The Balaban J connectivity index is 1.87. The lowest BCUT2D eigenvalue weighted by atomic mass is 10.1. The van der Waals surface area contributed by atoms with Crippen molar-refractivity contribution < 1.29 is 5.11 Å². The molecule has 2 heterocycles. The number of pyridine rings is 1. The van der Waals surface area contributed by atoms with Crippen molar-refractivity contribution in [2.75, 3.05) is 0 Å². The van der Waals surface area contributed by atoms with Crippen molar-refractivity contribution in [3.05, 3.63) is 72.6 Å². The lowest BCUT2D eigenvalue weighted by molar-refractivity contribution is 0.281. The number of rotatable bonds is 2. The minimum atomic E-state index is 0.0411. The molecule has 0 saturated carbocycles. The lowest BCUT2D eigenvalue weighted by Gasteiger charge is -2.00. The summed E-state index contributed by atoms with van der Waals surface area (Å²) in [6.07, 6.45) is 3.91. The molecule has 0 aliphatic carbocycles. The molecule has 0 unspecified atom stereocenters. The van der Waals surface area contributed by atoms with Gasteiger partial charge in [-0.25, -0.2) is 4.98 Å². The Morgan fingerprint density at radius 2 is 1.76 bits per heavy atom. The van der Waals surface area contributed by atoms with Crippen LogP contribution in [-0.4, -0.2) is 14.5 Å². The first kappa shape index (κ1) is 12.1. The molecule has 3 nitrogen and oxygen atoms in total. The van der Waals surface area contributed by atoms with Crippen LogP contribution in [-0.2, 0) is 6.61 Å². The number of nitrogens with zero attached hydrogens (tertiary/aromatic N) is 2. The third kappa shape index (κ3) is 2.08. The van der Waals surface area contributed by atoms with Crippen LogP contribution in [0.2, 0.25) is 0 Å². The molecule has 0 aliphatic heterocycles. The Morgan fingerprint density at radius 3 is 2.62 bits per heavy atom. The van der Waals surface area contributed by atoms with Crippen LogP contribution in [0, 0.1) is 0 Å². The average molecular weight is 274 g/mol. The summed E-state index contributed by atoms with van der Waals surface area (Å²) in [7, 11) is 0. The van der Waals surface area contributed by atoms with Crippen molar-refractivity contribution in [2.45, 2.75) is 6.61 Å². The fourth-order valence-corrected chi connectivity index (χ4v) is 2.62. The summed E-state index contributed by atoms with van der Waals surface area (Å²) >= 11 is 0. The van der Waals surface area contributed by atoms with Crippen LogP contribution in [0.3, 0.4) is 0 Å². The van der Waals surface area contributed by atoms with Crippen LogP contribution in [0.25, 0.3) is 27.7 Å². The van der Waals surface area contributed by atoms with E-state index in [2.05, 4.69) is 35.3 Å². The maximum atomic E-state index is 9.21. The molecule has 3 heteroatoms. The van der Waals surface area contributed by atoms with E-state index < -0.39 is 0 Å². The van der Waals surface area contributed by atoms with E-state index in [0.717, 1.165) is 22.5 Å². The van der Waals surface area contributed by atoms with Crippen molar-refractivity contribution in [3.8, 4) is 11.3 Å². The minimum absolute atomic E-state index is 0.0411. The van der Waals surface area contributed by atoms with Crippen LogP contribution in [0.15, 0.2) is 67.0 Å². The number of imidazole rings is 1. The highest BCUT2D eigenvalue weighted by Crippen LogP contribution is 2.24. The summed E-state index contributed by atoms with van der Waals surface area (Å²) in [5.74, 6) is 0. The van der Waals surface area contributed by atoms with E-state index in [9.17, 15) is 5.11 Å². The highest BCUT2D eigenvalue weighted by atomic mass is 16.3. The molecule has 0 radical (unpaired) electrons. The number of benzene rings is 2. The second kappa shape index (κ2) is 4.72. The third-order valence-corrected chi connectivity index (χ3v) is 3.74. The topological polar surface area (TPSA) is 37.5 Å². The molecule has 0 bridgehead atoms. The summed E-state index contributed by atoms with van der Waals surface area (Å²) in [6.45, 7) is 0.0411. The molecule has 1 N–H and O–H groups in total. The van der Waals surface area contributed by atoms with E-state index in [1.165, 1.54) is 10.8 Å². The number of aromatic nitrogens is 2. The van der Waals surface area contributed by atoms with Crippen molar-refractivity contribution in [3.63, 3.8) is 0 Å². The standard InChI is InChI=1S/C18H14N2O/c21-12-13-5-8-18-19-17(11-20(18)10-13)16-7-6-14-3-1-2-4-15(14)9-16/h1-11,21H,12H2. The van der Waals surface area contributed by atoms with Gasteiger partial charge in [0, 0.05) is 18.0 Å². The van der Waals surface area contributed by atoms with E-state index in [1.807, 2.05) is 41.1 Å². The Bertz CT molecular complexity index is 940. The third-order valence-electron chi connectivity index (χ3n) is 3.74. The van der Waals surface area contributed by atoms with E-state index in [4.69, 9.17) is 0 Å². The largest absolute Gasteiger partial charge is 0.392 e. The van der Waals surface area contributed by atoms with E-state index in [1.54, 1.807) is 0 Å². The fraction of sp³-hybridized carbons (Fsp3) is 0.0556. The Labute approximate surface area is 122 Å². The monoisotopic (exact) mass is 274 g/mol. The van der Waals surface area contributed by atoms with Gasteiger partial charge in [-0.15, -0.1) is 0 Å². The van der Waals surface area contributed by atoms with E-state index >= 15 is 0 Å². The van der Waals surface area contributed by atoms with Crippen LogP contribution < -0.4 is 0 Å². The molecule has 2 aromatic heterocycles. The molecule has 0 fully saturated rings. The molecule has 0 amide bonds. The maximum absolute atomic E-state index is 9.21. The zero-order valence-corrected chi connectivity index (χ0v) is 11.4. The average Bonchev–Trinajstić information content (AvgIpc) is 2.97. The molecule has 0 atom stereocenters. The molecule has 4 rings (SSSR count). The molecular weight excluding hydrogens is 260 g/mol. The number of aliphatic hydroxyl groups excluding tert-OH is 1. The number of fused-ring (bicyclic) bond motifs is 2. The lowest BCUT2D eigenvalue weighted by Crippen LogP contribution is -1.88. The molecule has 2 aromatic carbocycles. The highest BCUT2D eigenvalue weighted by molar-refractivity contribution is 5.86. The van der Waals surface area contributed by atoms with Gasteiger partial charge in [0.1, 0.15) is 5.65 Å². The van der Waals surface area contributed by atoms with Crippen molar-refractivity contribution >= 4 is 16.4 Å². The van der Waals surface area contributed by atoms with Gasteiger partial charge in [-0.3, -0.25) is 0 Å². The van der Waals surface area contributed by atoms with Crippen molar-refractivity contribution in [1.29, 1.82) is 0 Å². The molecule has 21 heavy (non-hydrogen) atoms. The number of hydrogen-bond donors (Lipinski definition) is 1. The van der Waals surface area contributed by atoms with Gasteiger partial charge in [0.05, 0.1) is 12.3 Å². The molecule has 0 spiro atoms. The summed E-state index contributed by atoms with van der Waals surface area (Å²) in [5, 5.41) is 11.6. The Kier molecular flexibility index (Phi) is 2.72. The zero-order valence-electron chi connectivity index (χ0n) is 11.4. The summed E-state index contributed by atoms with van der Waals surface area (Å²) in [4.78, 5) is 4.65. The quantitative estimate of drug-likeness (QED) is 0.606. The number of hydrogen-bond acceptors (Lipinski definition) is 2. The molecule has 102 valence electrons. The SMILES string of the molecule is OCc1ccc2nc(-c3ccc4ccccc4c3)cn2c1. The van der Waals surface area contributed by atoms with E-state index in [-0.39, 0.29) is 6.61 Å². The van der Waals surface area contributed by atoms with Gasteiger partial charge >= 0.3 is 0 Å². The van der Waals surface area contributed by atoms with Gasteiger partial charge in [0.15, 0.2) is 0 Å². The molecule has 0 aliphatic rings. The van der Waals surface area contributed by atoms with Crippen molar-refractivity contribution in [1.82, 2.24) is 9.38 Å². The summed E-state index contributed by atoms with van der Waals surface area (Å²) in [5.41, 5.74) is 3.80. The molecule has 0 saturated heterocycles. The first-order valence-electron chi connectivity index (χ1n) is 6.91. The first-order chi connectivity index (χ1) is 10.3. The van der Waals surface area contributed by atoms with Gasteiger partial charge in [0.25, 0.3) is 0 Å². The predicted molar refractivity (Wildman–Crippen MR) is 84.1 cm³/mol. The van der Waals surface area contributed by atoms with Crippen molar-refractivity contribution in [2.24, 2.45) is 0 Å². The van der Waals surface area contributed by atoms with Crippen LogP contribution >= 0.6 is 0 Å². The second-order valence-electron chi connectivity index (χ2n) is 5.15. The van der Waals surface area contributed by atoms with Gasteiger partial charge in [0.2, 0.25) is 0 Å². The summed E-state index contributed by atoms with van der Waals surface area (Å²) in [6, 6.07) is 18.5. The van der Waals surface area contributed by atoms with Crippen LogP contribution in [0.5, 0.6) is 0 Å². The Hall–Kier alpha value is -2.65. The predicted octanol–water partition coefficient (Wildman–Crippen LogP) is 3.65. The van der Waals surface area contributed by atoms with Gasteiger partial charge < -0.3 is 9.51 Å². The second-order valence-corrected chi connectivity index (χ2v) is 5.15.